The first kappa shape index (κ1) is 50.4. The van der Waals surface area contributed by atoms with Crippen molar-refractivity contribution >= 4 is 45.2 Å². The van der Waals surface area contributed by atoms with Gasteiger partial charge in [0.1, 0.15) is 52.6 Å². The average molecular weight is 932 g/mol. The topological polar surface area (TPSA) is 246 Å². The number of nitrogens with one attached hydrogen (secondary N) is 1. The van der Waals surface area contributed by atoms with Gasteiger partial charge in [-0.3, -0.25) is 19.2 Å². The number of aliphatic hydroxyl groups is 2. The molecule has 6 rings (SSSR count). The lowest BCUT2D eigenvalue weighted by atomic mass is 9.78. The number of fused-ring (bicyclic) bond motifs is 2. The lowest BCUT2D eigenvalue weighted by molar-refractivity contribution is -0.160. The number of aliphatic hydroxyl groups excluding tert-OH is 2. The summed E-state index contributed by atoms with van der Waals surface area (Å²) in [5.41, 5.74) is -1.76. The van der Waals surface area contributed by atoms with Gasteiger partial charge in [-0.15, -0.1) is 0 Å². The van der Waals surface area contributed by atoms with Gasteiger partial charge in [0.2, 0.25) is 5.43 Å². The van der Waals surface area contributed by atoms with Crippen LogP contribution in [0.25, 0.3) is 33.3 Å². The van der Waals surface area contributed by atoms with Gasteiger partial charge in [0.25, 0.3) is 11.7 Å². The highest BCUT2D eigenvalue weighted by molar-refractivity contribution is 6.22. The van der Waals surface area contributed by atoms with Gasteiger partial charge in [0, 0.05) is 79.8 Å². The second-order valence-electron chi connectivity index (χ2n) is 17.8. The van der Waals surface area contributed by atoms with Crippen LogP contribution in [0.4, 0.5) is 5.69 Å². The van der Waals surface area contributed by atoms with E-state index in [1.807, 2.05) is 19.0 Å². The molecule has 0 aromatic heterocycles. The summed E-state index contributed by atoms with van der Waals surface area (Å²) in [6, 6.07) is 2.76. The summed E-state index contributed by atoms with van der Waals surface area (Å²) < 4.78 is 41.6. The zero-order valence-electron chi connectivity index (χ0n) is 39.7. The SMILES string of the molecule is CO[C@H]1/C=C/O[C@@]2(C)Oc3c(C)c(O)c4c(=O)c(c5oc6cc(OCCOCCN(C)C)cc(O)c6nc-5c4c3C2=O)NC(=O)/C(C)=C\C=C\[C@H](C)[C@H](O)[C@@H](C)[C@@H](O)[C@@H](C)[C@H](OC(C)=O)[C@@H]1C. The van der Waals surface area contributed by atoms with Crippen LogP contribution in [0.1, 0.15) is 64.4 Å². The van der Waals surface area contributed by atoms with Crippen LogP contribution in [0.15, 0.2) is 57.5 Å². The summed E-state index contributed by atoms with van der Waals surface area (Å²) in [5, 5.41) is 48.2. The number of aromatic hydroxyl groups is 2. The van der Waals surface area contributed by atoms with Crippen molar-refractivity contribution < 1.29 is 67.6 Å². The summed E-state index contributed by atoms with van der Waals surface area (Å²) in [4.78, 5) is 62.6. The predicted molar refractivity (Wildman–Crippen MR) is 247 cm³/mol. The second kappa shape index (κ2) is 20.4. The van der Waals surface area contributed by atoms with Crippen LogP contribution in [-0.2, 0) is 28.5 Å². The predicted octanol–water partition coefficient (Wildman–Crippen LogP) is 5.61. The highest BCUT2D eigenvalue weighted by Gasteiger charge is 2.50. The number of nitrogens with zero attached hydrogens (tertiary/aromatic N) is 2. The molecular formula is C49H61N3O15. The Morgan fingerprint density at radius 2 is 1.67 bits per heavy atom. The van der Waals surface area contributed by atoms with E-state index >= 15 is 0 Å². The highest BCUT2D eigenvalue weighted by atomic mass is 16.7. The molecule has 2 aromatic rings. The molecule has 0 saturated heterocycles. The number of ether oxygens (including phenoxy) is 6. The lowest BCUT2D eigenvalue weighted by Gasteiger charge is -2.38. The second-order valence-corrected chi connectivity index (χ2v) is 17.8. The molecule has 3 aliphatic heterocycles. The van der Waals surface area contributed by atoms with Gasteiger partial charge in [-0.25, -0.2) is 4.98 Å². The number of methoxy groups -OCH3 is 1. The maximum atomic E-state index is 14.8. The van der Waals surface area contributed by atoms with Crippen LogP contribution < -0.4 is 20.2 Å². The number of esters is 1. The first-order valence-electron chi connectivity index (χ1n) is 22.1. The van der Waals surface area contributed by atoms with Gasteiger partial charge in [0.15, 0.2) is 11.3 Å². The number of phenolic OH excluding ortho intramolecular Hbond substituents is 2. The summed E-state index contributed by atoms with van der Waals surface area (Å²) in [6.45, 7) is 13.9. The normalized spacial score (nSPS) is 28.0. The minimum Gasteiger partial charge on any atom is -0.507 e. The Bertz CT molecular complexity index is 2650. The third-order valence-corrected chi connectivity index (χ3v) is 12.6. The molecule has 362 valence electrons. The number of hydrogen-bond donors (Lipinski definition) is 5. The lowest BCUT2D eigenvalue weighted by Crippen LogP contribution is -2.46. The molecule has 5 N–H and O–H groups in total. The van der Waals surface area contributed by atoms with Crippen LogP contribution in [-0.4, -0.2) is 126 Å². The standard InChI is InChI=1S/C49H61N3O15/c1-23-13-12-14-24(2)48(60)51-39-43(58)35-34(38-46(39)66-33-22-30(21-31(54)37(33)50-38)63-20-19-62-18-16-52(9)10)36-45(28(6)42(35)57)67-49(8,47(36)59)64-17-15-32(61-11)25(3)44(65-29(7)53)27(5)41(56)26(4)40(23)55/h12-15,17,21-23,25-27,32,40-41,44,54-57H,16,18-20H2,1-11H3,(H,51,60)/b13-12+,17-15+,24-14-/t23-,25+,26+,27+,32-,40-,41+,44+,49-/m0/s1. The molecular weight excluding hydrogens is 871 g/mol. The van der Waals surface area contributed by atoms with Crippen molar-refractivity contribution in [1.29, 1.82) is 0 Å². The Morgan fingerprint density at radius 1 is 0.955 bits per heavy atom. The third-order valence-electron chi connectivity index (χ3n) is 12.6. The Labute approximate surface area is 388 Å². The number of carbonyl (C=O) groups is 3. The number of ketones is 1. The Balaban J connectivity index is 1.55. The quantitative estimate of drug-likeness (QED) is 0.0592. The van der Waals surface area contributed by atoms with Crippen molar-refractivity contribution in [2.24, 2.45) is 23.7 Å². The summed E-state index contributed by atoms with van der Waals surface area (Å²) in [7, 11) is 5.27. The van der Waals surface area contributed by atoms with E-state index in [1.165, 1.54) is 65.4 Å². The first-order valence-corrected chi connectivity index (χ1v) is 22.1. The number of hydrogen-bond acceptors (Lipinski definition) is 17. The van der Waals surface area contributed by atoms with Crippen molar-refractivity contribution in [3.05, 3.63) is 69.6 Å². The molecule has 0 radical (unpaired) electrons. The molecule has 67 heavy (non-hydrogen) atoms. The molecule has 18 nitrogen and oxygen atoms in total. The molecule has 1 aliphatic carbocycles. The molecule has 0 unspecified atom stereocenters. The molecule has 2 aromatic carbocycles. The monoisotopic (exact) mass is 931 g/mol. The Kier molecular flexibility index (Phi) is 15.4. The van der Waals surface area contributed by atoms with Crippen molar-refractivity contribution in [2.75, 3.05) is 52.9 Å². The third kappa shape index (κ3) is 10.1. The van der Waals surface area contributed by atoms with Crippen LogP contribution in [0, 0.1) is 30.6 Å². The van der Waals surface area contributed by atoms with Crippen LogP contribution in [0.3, 0.4) is 0 Å². The zero-order valence-corrected chi connectivity index (χ0v) is 39.7. The van der Waals surface area contributed by atoms with Gasteiger partial charge in [-0.1, -0.05) is 45.9 Å². The molecule has 3 heterocycles. The van der Waals surface area contributed by atoms with Gasteiger partial charge in [0.05, 0.1) is 48.7 Å². The van der Waals surface area contributed by atoms with E-state index in [1.54, 1.807) is 39.8 Å². The first-order chi connectivity index (χ1) is 31.6. The fourth-order valence-electron chi connectivity index (χ4n) is 8.52. The molecule has 0 fully saturated rings. The van der Waals surface area contributed by atoms with Crippen LogP contribution in [0.2, 0.25) is 0 Å². The number of Topliss-reactive ketones (excluding diaryl/α,β-unsaturated/α-hetero) is 1. The number of likely N-dealkylation sites (N-methyl/N-ethyl adjacent to an activating group) is 1. The molecule has 4 bridgehead atoms. The molecule has 1 amide bonds. The number of rotatable bonds is 9. The fraction of sp³-hybridized carbons (Fsp3) is 0.490. The van der Waals surface area contributed by atoms with Gasteiger partial charge in [-0.2, -0.15) is 0 Å². The van der Waals surface area contributed by atoms with Crippen LogP contribution in [0.5, 0.6) is 23.0 Å². The van der Waals surface area contributed by atoms with E-state index in [4.69, 9.17) is 37.8 Å². The minimum absolute atomic E-state index is 0.00590. The zero-order chi connectivity index (χ0) is 49.2. The summed E-state index contributed by atoms with van der Waals surface area (Å²) in [6.07, 6.45) is 3.34. The maximum Gasteiger partial charge on any atom is 0.312 e. The average Bonchev–Trinajstić information content (AvgIpc) is 3.54. The summed E-state index contributed by atoms with van der Waals surface area (Å²) in [5.74, 6) is -8.03. The smallest absolute Gasteiger partial charge is 0.312 e. The number of anilines is 1. The Hall–Kier alpha value is -6.05. The fourth-order valence-corrected chi connectivity index (χ4v) is 8.52. The van der Waals surface area contributed by atoms with Gasteiger partial charge >= 0.3 is 11.8 Å². The van der Waals surface area contributed by atoms with E-state index in [-0.39, 0.29) is 80.5 Å². The number of carbonyl (C=O) groups excluding carboxylic acids is 3. The van der Waals surface area contributed by atoms with E-state index < -0.39 is 88.4 Å². The minimum atomic E-state index is -2.10. The summed E-state index contributed by atoms with van der Waals surface area (Å²) >= 11 is 0. The van der Waals surface area contributed by atoms with Gasteiger partial charge in [-0.05, 0) is 34.0 Å². The molecule has 0 saturated carbocycles. The molecule has 0 spiro atoms. The van der Waals surface area contributed by atoms with Crippen molar-refractivity contribution in [3.63, 3.8) is 0 Å². The largest absolute Gasteiger partial charge is 0.507 e. The Morgan fingerprint density at radius 3 is 2.34 bits per heavy atom. The highest BCUT2D eigenvalue weighted by Crippen LogP contribution is 2.51. The van der Waals surface area contributed by atoms with E-state index in [2.05, 4.69) is 5.32 Å². The molecule has 9 atom stereocenters. The number of benzene rings is 3. The van der Waals surface area contributed by atoms with E-state index in [0.717, 1.165) is 0 Å². The maximum absolute atomic E-state index is 14.8. The van der Waals surface area contributed by atoms with Gasteiger partial charge < -0.3 is 63.5 Å². The molecule has 18 heteroatoms. The van der Waals surface area contributed by atoms with Crippen LogP contribution >= 0.6 is 0 Å². The number of aromatic nitrogens is 1. The van der Waals surface area contributed by atoms with Crippen molar-refractivity contribution in [2.45, 2.75) is 85.6 Å². The molecule has 4 aliphatic rings. The van der Waals surface area contributed by atoms with E-state index in [0.29, 0.717) is 13.2 Å². The van der Waals surface area contributed by atoms with Crippen molar-refractivity contribution in [1.82, 2.24) is 9.88 Å². The van der Waals surface area contributed by atoms with Crippen molar-refractivity contribution in [3.8, 4) is 34.5 Å². The van der Waals surface area contributed by atoms with E-state index in [9.17, 15) is 39.6 Å². The number of amides is 1. The number of allylic oxidation sites excluding steroid dienone is 2. The number of phenols is 2.